The van der Waals surface area contributed by atoms with Crippen molar-refractivity contribution in [3.63, 3.8) is 0 Å². The molecule has 0 bridgehead atoms. The molecule has 4 nitrogen and oxygen atoms in total. The first-order valence-corrected chi connectivity index (χ1v) is 6.23. The normalized spacial score (nSPS) is 13.9. The van der Waals surface area contributed by atoms with E-state index in [9.17, 15) is 28.2 Å². The third kappa shape index (κ3) is 2.34. The monoisotopic (exact) mass is 310 g/mol. The van der Waals surface area contributed by atoms with Gasteiger partial charge in [-0.3, -0.25) is 4.79 Å². The summed E-state index contributed by atoms with van der Waals surface area (Å²) in [7, 11) is 0. The standard InChI is InChI=1S/C15H9F3O4/c16-15(17,18)8-2-1-7-3-10(20)14-11(21)5-9(19)6-13(14)22-12(7)4-8/h1-2,4-6,19,21H,3H2. The first kappa shape index (κ1) is 14.2. The van der Waals surface area contributed by atoms with Crippen molar-refractivity contribution in [3.8, 4) is 23.0 Å². The highest BCUT2D eigenvalue weighted by Crippen LogP contribution is 2.42. The molecule has 0 unspecified atom stereocenters. The molecule has 22 heavy (non-hydrogen) atoms. The van der Waals surface area contributed by atoms with E-state index in [0.717, 1.165) is 24.3 Å². The van der Waals surface area contributed by atoms with Crippen molar-refractivity contribution >= 4 is 5.78 Å². The number of alkyl halides is 3. The lowest BCUT2D eigenvalue weighted by Gasteiger charge is -2.12. The van der Waals surface area contributed by atoms with Gasteiger partial charge in [0.25, 0.3) is 0 Å². The highest BCUT2D eigenvalue weighted by molar-refractivity contribution is 6.03. The van der Waals surface area contributed by atoms with Gasteiger partial charge in [0.05, 0.1) is 5.56 Å². The van der Waals surface area contributed by atoms with Crippen LogP contribution in [0.3, 0.4) is 0 Å². The Balaban J connectivity index is 2.16. The summed E-state index contributed by atoms with van der Waals surface area (Å²) in [6, 6.07) is 4.86. The van der Waals surface area contributed by atoms with Gasteiger partial charge >= 0.3 is 6.18 Å². The van der Waals surface area contributed by atoms with Gasteiger partial charge < -0.3 is 14.9 Å². The van der Waals surface area contributed by atoms with E-state index in [1.54, 1.807) is 0 Å². The SMILES string of the molecule is O=C1Cc2ccc(C(F)(F)F)cc2Oc2cc(O)cc(O)c21. The van der Waals surface area contributed by atoms with E-state index in [1.165, 1.54) is 6.07 Å². The third-order valence-corrected chi connectivity index (χ3v) is 3.31. The van der Waals surface area contributed by atoms with Crippen LogP contribution in [0.5, 0.6) is 23.0 Å². The Bertz CT molecular complexity index is 781. The van der Waals surface area contributed by atoms with Crippen LogP contribution in [0.1, 0.15) is 21.5 Å². The van der Waals surface area contributed by atoms with Crippen molar-refractivity contribution < 1.29 is 32.9 Å². The predicted octanol–water partition coefficient (Wildman–Crippen LogP) is 3.65. The summed E-state index contributed by atoms with van der Waals surface area (Å²) in [5.74, 6) is -1.66. The van der Waals surface area contributed by atoms with Crippen LogP contribution in [-0.4, -0.2) is 16.0 Å². The van der Waals surface area contributed by atoms with Crippen LogP contribution in [0.15, 0.2) is 30.3 Å². The first-order chi connectivity index (χ1) is 10.3. The number of aromatic hydroxyl groups is 2. The third-order valence-electron chi connectivity index (χ3n) is 3.31. The molecule has 2 N–H and O–H groups in total. The molecule has 0 aliphatic carbocycles. The van der Waals surface area contributed by atoms with Crippen molar-refractivity contribution in [2.75, 3.05) is 0 Å². The number of ether oxygens (including phenoxy) is 1. The highest BCUT2D eigenvalue weighted by atomic mass is 19.4. The minimum Gasteiger partial charge on any atom is -0.508 e. The molecule has 0 amide bonds. The van der Waals surface area contributed by atoms with Gasteiger partial charge in [0.1, 0.15) is 28.6 Å². The molecule has 3 rings (SSSR count). The summed E-state index contributed by atoms with van der Waals surface area (Å²) in [5.41, 5.74) is -0.804. The van der Waals surface area contributed by atoms with Gasteiger partial charge in [-0.2, -0.15) is 13.2 Å². The average molecular weight is 310 g/mol. The molecule has 1 heterocycles. The van der Waals surface area contributed by atoms with Gasteiger partial charge in [0, 0.05) is 24.1 Å². The van der Waals surface area contributed by atoms with Crippen molar-refractivity contribution in [3.05, 3.63) is 47.0 Å². The lowest BCUT2D eigenvalue weighted by atomic mass is 10.0. The Labute approximate surface area is 122 Å². The number of carbonyl (C=O) groups excluding carboxylic acids is 1. The highest BCUT2D eigenvalue weighted by Gasteiger charge is 2.33. The Morgan fingerprint density at radius 2 is 1.77 bits per heavy atom. The number of ketones is 1. The van der Waals surface area contributed by atoms with E-state index in [4.69, 9.17) is 4.74 Å². The minimum absolute atomic E-state index is 0.132. The zero-order valence-corrected chi connectivity index (χ0v) is 10.9. The number of Topliss-reactive ketones (excluding diaryl/α,β-unsaturated/α-hetero) is 1. The second kappa shape index (κ2) is 4.66. The summed E-state index contributed by atoms with van der Waals surface area (Å²) in [6.07, 6.45) is -4.75. The van der Waals surface area contributed by atoms with Crippen molar-refractivity contribution in [1.29, 1.82) is 0 Å². The molecule has 7 heteroatoms. The maximum absolute atomic E-state index is 12.8. The summed E-state index contributed by atoms with van der Waals surface area (Å²) in [5, 5.41) is 19.2. The maximum atomic E-state index is 12.8. The largest absolute Gasteiger partial charge is 0.508 e. The van der Waals surface area contributed by atoms with E-state index >= 15 is 0 Å². The molecule has 0 fully saturated rings. The Hall–Kier alpha value is -2.70. The number of phenolic OH excluding ortho intramolecular Hbond substituents is 2. The predicted molar refractivity (Wildman–Crippen MR) is 69.3 cm³/mol. The van der Waals surface area contributed by atoms with E-state index in [1.807, 2.05) is 0 Å². The molecule has 1 aliphatic heterocycles. The van der Waals surface area contributed by atoms with E-state index in [-0.39, 0.29) is 34.8 Å². The number of hydrogen-bond donors (Lipinski definition) is 2. The second-order valence-electron chi connectivity index (χ2n) is 4.86. The average Bonchev–Trinajstić information content (AvgIpc) is 2.51. The molecule has 0 atom stereocenters. The summed E-state index contributed by atoms with van der Waals surface area (Å²) >= 11 is 0. The Morgan fingerprint density at radius 3 is 2.45 bits per heavy atom. The number of fused-ring (bicyclic) bond motifs is 2. The van der Waals surface area contributed by atoms with Crippen LogP contribution in [0, 0.1) is 0 Å². The van der Waals surface area contributed by atoms with Gasteiger partial charge in [0.15, 0.2) is 5.78 Å². The van der Waals surface area contributed by atoms with Crippen LogP contribution in [0.2, 0.25) is 0 Å². The summed E-state index contributed by atoms with van der Waals surface area (Å²) in [6.45, 7) is 0. The van der Waals surface area contributed by atoms with Gasteiger partial charge in [-0.1, -0.05) is 6.07 Å². The van der Waals surface area contributed by atoms with Gasteiger partial charge in [-0.05, 0) is 12.1 Å². The van der Waals surface area contributed by atoms with Crippen LogP contribution in [-0.2, 0) is 12.6 Å². The number of phenols is 2. The first-order valence-electron chi connectivity index (χ1n) is 6.23. The van der Waals surface area contributed by atoms with Crippen LogP contribution < -0.4 is 4.74 Å². The molecule has 0 radical (unpaired) electrons. The fraction of sp³-hybridized carbons (Fsp3) is 0.133. The van der Waals surface area contributed by atoms with Crippen LogP contribution >= 0.6 is 0 Å². The zero-order valence-electron chi connectivity index (χ0n) is 10.9. The molecule has 0 saturated heterocycles. The maximum Gasteiger partial charge on any atom is 0.416 e. The molecule has 1 aliphatic rings. The quantitative estimate of drug-likeness (QED) is 0.779. The fourth-order valence-electron chi connectivity index (χ4n) is 2.30. The molecule has 2 aromatic rings. The van der Waals surface area contributed by atoms with Gasteiger partial charge in [-0.15, -0.1) is 0 Å². The lowest BCUT2D eigenvalue weighted by molar-refractivity contribution is -0.137. The number of hydrogen-bond acceptors (Lipinski definition) is 4. The molecule has 2 aromatic carbocycles. The number of rotatable bonds is 0. The molecule has 0 aromatic heterocycles. The van der Waals surface area contributed by atoms with Crippen LogP contribution in [0.25, 0.3) is 0 Å². The molecule has 0 saturated carbocycles. The lowest BCUT2D eigenvalue weighted by Crippen LogP contribution is -2.06. The fourth-order valence-corrected chi connectivity index (χ4v) is 2.30. The summed E-state index contributed by atoms with van der Waals surface area (Å²) < 4.78 is 43.6. The van der Waals surface area contributed by atoms with Gasteiger partial charge in [-0.25, -0.2) is 0 Å². The van der Waals surface area contributed by atoms with Crippen molar-refractivity contribution in [1.82, 2.24) is 0 Å². The summed E-state index contributed by atoms with van der Waals surface area (Å²) in [4.78, 5) is 12.1. The second-order valence-corrected chi connectivity index (χ2v) is 4.86. The van der Waals surface area contributed by atoms with E-state index in [2.05, 4.69) is 0 Å². The van der Waals surface area contributed by atoms with Crippen molar-refractivity contribution in [2.45, 2.75) is 12.6 Å². The minimum atomic E-state index is -4.54. The zero-order chi connectivity index (χ0) is 16.1. The number of carbonyl (C=O) groups is 1. The Kier molecular flexibility index (Phi) is 3.01. The van der Waals surface area contributed by atoms with Crippen molar-refractivity contribution in [2.24, 2.45) is 0 Å². The molecule has 114 valence electrons. The van der Waals surface area contributed by atoms with Crippen LogP contribution in [0.4, 0.5) is 13.2 Å². The molecular weight excluding hydrogens is 301 g/mol. The Morgan fingerprint density at radius 1 is 1.05 bits per heavy atom. The topological polar surface area (TPSA) is 66.8 Å². The molecular formula is C15H9F3O4. The van der Waals surface area contributed by atoms with E-state index in [0.29, 0.717) is 0 Å². The number of benzene rings is 2. The van der Waals surface area contributed by atoms with E-state index < -0.39 is 23.3 Å². The number of halogens is 3. The smallest absolute Gasteiger partial charge is 0.416 e. The van der Waals surface area contributed by atoms with Gasteiger partial charge in [0.2, 0.25) is 0 Å². The molecule has 0 spiro atoms.